The van der Waals surface area contributed by atoms with E-state index >= 15 is 0 Å². The Kier molecular flexibility index (Phi) is 10.3. The first kappa shape index (κ1) is 30.4. The number of carboxylic acids is 1. The summed E-state index contributed by atoms with van der Waals surface area (Å²) in [6.45, 7) is 3.26. The van der Waals surface area contributed by atoms with Crippen molar-refractivity contribution in [3.63, 3.8) is 0 Å². The number of aliphatic carboxylic acids is 1. The average molecular weight is 570 g/mol. The fourth-order valence-electron chi connectivity index (χ4n) is 3.54. The number of carbonyl (C=O) groups is 1. The maximum atomic E-state index is 12.7. The molecule has 0 saturated heterocycles. The fraction of sp³-hybridized carbons (Fsp3) is 0.333. The Hall–Kier alpha value is -1.78. The predicted molar refractivity (Wildman–Crippen MR) is 131 cm³/mol. The van der Waals surface area contributed by atoms with Crippen LogP contribution in [0.15, 0.2) is 48.6 Å². The molecule has 1 aromatic carbocycles. The summed E-state index contributed by atoms with van der Waals surface area (Å²) in [4.78, 5) is 24.2. The molecule has 0 aliphatic carbocycles. The van der Waals surface area contributed by atoms with Crippen molar-refractivity contribution in [2.24, 2.45) is 0 Å². The summed E-state index contributed by atoms with van der Waals surface area (Å²) in [7, 11) is -9.70. The van der Waals surface area contributed by atoms with Gasteiger partial charge in [-0.25, -0.2) is 4.79 Å². The summed E-state index contributed by atoms with van der Waals surface area (Å²) in [6.07, 6.45) is 2.22. The molecule has 3 rings (SSSR count). The van der Waals surface area contributed by atoms with Gasteiger partial charge >= 0.3 is 51.3 Å². The number of hydrogen-bond acceptors (Lipinski definition) is 9. The van der Waals surface area contributed by atoms with Gasteiger partial charge in [-0.05, 0) is 44.0 Å². The van der Waals surface area contributed by atoms with Crippen molar-refractivity contribution in [1.82, 2.24) is 0 Å². The van der Waals surface area contributed by atoms with Gasteiger partial charge in [-0.3, -0.25) is 13.9 Å². The maximum Gasteiger partial charge on any atom is 1.00 e. The van der Waals surface area contributed by atoms with Crippen LogP contribution in [0.25, 0.3) is 21.4 Å². The number of unbranched alkanes of at least 4 members (excludes halogenated alkanes) is 2. The van der Waals surface area contributed by atoms with E-state index in [9.17, 15) is 35.5 Å². The molecule has 0 spiro atoms. The molecule has 0 saturated carbocycles. The first-order chi connectivity index (χ1) is 16.3. The smallest absolute Gasteiger partial charge is 1.00 e. The van der Waals surface area contributed by atoms with Gasteiger partial charge in [0.25, 0.3) is 10.1 Å². The van der Waals surface area contributed by atoms with E-state index in [1.165, 1.54) is 6.07 Å². The number of hydrogen-bond donors (Lipinski definition) is 3. The largest absolute Gasteiger partial charge is 1.00 e. The molecule has 3 N–H and O–H groups in total. The Morgan fingerprint density at radius 1 is 1.06 bits per heavy atom. The molecule has 0 amide bonds. The van der Waals surface area contributed by atoms with Crippen LogP contribution in [0, 0.1) is 0 Å². The normalized spacial score (nSPS) is 11.9. The van der Waals surface area contributed by atoms with E-state index < -0.39 is 40.9 Å². The summed E-state index contributed by atoms with van der Waals surface area (Å²) >= 11 is 0.313. The molecule has 0 bridgehead atoms. The average Bonchev–Trinajstić information content (AvgIpc) is 3.22. The van der Waals surface area contributed by atoms with Gasteiger partial charge in [-0.15, -0.1) is 11.3 Å². The van der Waals surface area contributed by atoms with Gasteiger partial charge in [0.2, 0.25) is 0 Å². The quantitative estimate of drug-likeness (QED) is 0.127. The number of rotatable bonds is 11. The first-order valence-corrected chi connectivity index (χ1v) is 14.1. The number of anilines is 1. The number of nitrogens with zero attached hydrogens (tertiary/aromatic N) is 1. The third-order valence-electron chi connectivity index (χ3n) is 5.24. The Morgan fingerprint density at radius 2 is 1.75 bits per heavy atom. The van der Waals surface area contributed by atoms with Crippen LogP contribution in [-0.2, 0) is 25.0 Å². The van der Waals surface area contributed by atoms with Crippen LogP contribution in [0.5, 0.6) is 0 Å². The zero-order chi connectivity index (χ0) is 26.0. The fourth-order valence-corrected chi connectivity index (χ4v) is 6.47. The molecule has 192 valence electrons. The number of benzene rings is 1. The third-order valence-corrected chi connectivity index (χ3v) is 8.72. The molecule has 36 heavy (non-hydrogen) atoms. The molecule has 0 aliphatic heterocycles. The van der Waals surface area contributed by atoms with Crippen LogP contribution in [0.4, 0.5) is 5.69 Å². The molecule has 2 heterocycles. The molecule has 2 aromatic heterocycles. The monoisotopic (exact) mass is 569 g/mol. The Bertz CT molecular complexity index is 1530. The van der Waals surface area contributed by atoms with E-state index in [0.29, 0.717) is 42.3 Å². The summed E-state index contributed by atoms with van der Waals surface area (Å²) < 4.78 is 69.9. The molecule has 0 radical (unpaired) electrons. The minimum absolute atomic E-state index is 0. The van der Waals surface area contributed by atoms with Gasteiger partial charge < -0.3 is 15.9 Å². The molecule has 0 fully saturated rings. The minimum atomic E-state index is -4.92. The molecule has 3 aromatic rings. The van der Waals surface area contributed by atoms with Crippen molar-refractivity contribution in [2.45, 2.75) is 41.7 Å². The van der Waals surface area contributed by atoms with Gasteiger partial charge in [-0.2, -0.15) is 16.8 Å². The van der Waals surface area contributed by atoms with E-state index in [4.69, 9.17) is 9.52 Å². The molecule has 0 aliphatic rings. The van der Waals surface area contributed by atoms with Crippen molar-refractivity contribution < 1.29 is 71.2 Å². The minimum Gasteiger partial charge on any atom is -1.00 e. The van der Waals surface area contributed by atoms with Gasteiger partial charge in [0.15, 0.2) is 0 Å². The standard InChI is InChI=1S/C21H23NO10S3.Na.H/c1-2-22(9-5-3-4-6-18(23)24)14-8-7-13-10-15(21(25)32-16(13)11-14)20-17(34(26,27)28)12-19(33-20)35(29,30)31;;/h7-8,10-12H,2-6,9H2,1H3,(H,23,24)(H,26,27,28)(H,29,30,31);;/q;+1;-1. The van der Waals surface area contributed by atoms with E-state index in [1.807, 2.05) is 11.8 Å². The molecular formula is C21H24NNaO10S3. The van der Waals surface area contributed by atoms with Gasteiger partial charge in [0, 0.05) is 36.7 Å². The Morgan fingerprint density at radius 3 is 2.33 bits per heavy atom. The summed E-state index contributed by atoms with van der Waals surface area (Å²) in [6, 6.07) is 6.96. The van der Waals surface area contributed by atoms with Crippen molar-refractivity contribution >= 4 is 54.2 Å². The molecule has 15 heteroatoms. The third kappa shape index (κ3) is 7.38. The van der Waals surface area contributed by atoms with Crippen LogP contribution in [0.1, 0.15) is 34.0 Å². The maximum absolute atomic E-state index is 12.7. The first-order valence-electron chi connectivity index (χ1n) is 10.4. The summed E-state index contributed by atoms with van der Waals surface area (Å²) in [5.41, 5.74) is -0.276. The van der Waals surface area contributed by atoms with Gasteiger partial charge in [-0.1, -0.05) is 6.42 Å². The topological polar surface area (TPSA) is 179 Å². The summed E-state index contributed by atoms with van der Waals surface area (Å²) in [5.74, 6) is -0.832. The van der Waals surface area contributed by atoms with Crippen LogP contribution in [0.2, 0.25) is 0 Å². The number of thiophene rings is 1. The molecule has 11 nitrogen and oxygen atoms in total. The second-order valence-electron chi connectivity index (χ2n) is 7.66. The van der Waals surface area contributed by atoms with Crippen molar-refractivity contribution in [2.75, 3.05) is 18.0 Å². The van der Waals surface area contributed by atoms with E-state index in [1.54, 1.807) is 18.2 Å². The number of carboxylic acid groups (broad SMARTS) is 1. The van der Waals surface area contributed by atoms with Crippen LogP contribution in [0.3, 0.4) is 0 Å². The molecular weight excluding hydrogens is 545 g/mol. The Balaban J connectivity index is 0.00000342. The zero-order valence-corrected chi connectivity index (χ0v) is 24.0. The van der Waals surface area contributed by atoms with E-state index in [2.05, 4.69) is 0 Å². The number of fused-ring (bicyclic) bond motifs is 1. The van der Waals surface area contributed by atoms with Gasteiger partial charge in [0.05, 0.1) is 10.4 Å². The second-order valence-corrected chi connectivity index (χ2v) is 11.8. The van der Waals surface area contributed by atoms with E-state index in [0.717, 1.165) is 18.5 Å². The molecule has 0 unspecified atom stereocenters. The van der Waals surface area contributed by atoms with Crippen LogP contribution >= 0.6 is 11.3 Å². The Labute approximate surface area is 235 Å². The van der Waals surface area contributed by atoms with Crippen LogP contribution < -0.4 is 40.1 Å². The van der Waals surface area contributed by atoms with Crippen molar-refractivity contribution in [3.8, 4) is 10.4 Å². The predicted octanol–water partition coefficient (Wildman–Crippen LogP) is 0.603. The van der Waals surface area contributed by atoms with E-state index in [-0.39, 0.29) is 53.4 Å². The zero-order valence-electron chi connectivity index (χ0n) is 20.5. The summed E-state index contributed by atoms with van der Waals surface area (Å²) in [5, 5.41) is 9.15. The SMILES string of the molecule is CCN(CCCCCC(=O)O)c1ccc2cc(-c3sc(S(=O)(=O)O)cc3S(=O)(=O)O)c(=O)oc2c1.[H-].[Na+]. The molecule has 0 atom stereocenters. The van der Waals surface area contributed by atoms with Crippen molar-refractivity contribution in [1.29, 1.82) is 0 Å². The van der Waals surface area contributed by atoms with Gasteiger partial charge in [0.1, 0.15) is 14.7 Å². The van der Waals surface area contributed by atoms with Crippen molar-refractivity contribution in [3.05, 3.63) is 40.8 Å². The second kappa shape index (κ2) is 12.2. The van der Waals surface area contributed by atoms with Crippen LogP contribution in [-0.4, -0.2) is 50.1 Å².